The van der Waals surface area contributed by atoms with Crippen molar-refractivity contribution in [3.8, 4) is 28.8 Å². The van der Waals surface area contributed by atoms with Gasteiger partial charge in [-0.2, -0.15) is 22.9 Å². The number of aromatic nitrogens is 3. The smallest absolute Gasteiger partial charge is 0.416 e. The Morgan fingerprint density at radius 1 is 1.09 bits per heavy atom. The van der Waals surface area contributed by atoms with E-state index >= 15 is 0 Å². The lowest BCUT2D eigenvalue weighted by Crippen LogP contribution is -2.20. The molecule has 0 bridgehead atoms. The van der Waals surface area contributed by atoms with Crippen molar-refractivity contribution >= 4 is 22.8 Å². The van der Waals surface area contributed by atoms with E-state index in [0.717, 1.165) is 23.0 Å². The van der Waals surface area contributed by atoms with Gasteiger partial charge in [0.15, 0.2) is 17.3 Å². The number of fused-ring (bicyclic) bond motifs is 1. The average molecular weight is 602 g/mol. The van der Waals surface area contributed by atoms with Crippen molar-refractivity contribution in [3.05, 3.63) is 129 Å². The topological polar surface area (TPSA) is 122 Å². The Bertz CT molecular complexity index is 1970. The molecule has 3 aromatic carbocycles. The molecule has 0 saturated carbocycles. The normalized spacial score (nSPS) is 11.5. The van der Waals surface area contributed by atoms with Gasteiger partial charge >= 0.3 is 6.18 Å². The number of hydrogen-bond donors (Lipinski definition) is 0. The number of ether oxygens (including phenoxy) is 2. The maximum absolute atomic E-state index is 13.5. The maximum Gasteiger partial charge on any atom is 0.416 e. The molecular formula is C31H22F3N5O5. The molecule has 0 aliphatic heterocycles. The Kier molecular flexibility index (Phi) is 8.20. The monoisotopic (exact) mass is 601 g/mol. The second kappa shape index (κ2) is 12.2. The molecule has 0 aliphatic rings. The zero-order valence-corrected chi connectivity index (χ0v) is 23.0. The van der Waals surface area contributed by atoms with Crippen molar-refractivity contribution in [1.82, 2.24) is 14.6 Å². The van der Waals surface area contributed by atoms with E-state index in [1.807, 2.05) is 0 Å². The average Bonchev–Trinajstić information content (AvgIpc) is 3.01. The molecule has 222 valence electrons. The van der Waals surface area contributed by atoms with Crippen LogP contribution in [0.2, 0.25) is 0 Å². The highest BCUT2D eigenvalue weighted by Crippen LogP contribution is 2.37. The van der Waals surface area contributed by atoms with Crippen LogP contribution >= 0.6 is 0 Å². The summed E-state index contributed by atoms with van der Waals surface area (Å²) in [6.45, 7) is 3.77. The number of rotatable bonds is 9. The van der Waals surface area contributed by atoms with Crippen molar-refractivity contribution in [2.24, 2.45) is 5.10 Å². The van der Waals surface area contributed by atoms with Gasteiger partial charge in [-0.1, -0.05) is 30.3 Å². The molecule has 0 N–H and O–H groups in total. The summed E-state index contributed by atoms with van der Waals surface area (Å²) in [6, 6.07) is 16.8. The van der Waals surface area contributed by atoms with E-state index in [-0.39, 0.29) is 39.8 Å². The van der Waals surface area contributed by atoms with E-state index in [1.165, 1.54) is 37.6 Å². The van der Waals surface area contributed by atoms with Gasteiger partial charge in [0.25, 0.3) is 11.2 Å². The van der Waals surface area contributed by atoms with Crippen molar-refractivity contribution < 1.29 is 27.6 Å². The molecule has 0 atom stereocenters. The van der Waals surface area contributed by atoms with E-state index in [4.69, 9.17) is 9.47 Å². The van der Waals surface area contributed by atoms with Crippen LogP contribution in [0.4, 0.5) is 18.9 Å². The number of nitrogens with zero attached hydrogens (tertiary/aromatic N) is 5. The third kappa shape index (κ3) is 6.16. The fourth-order valence-electron chi connectivity index (χ4n) is 4.35. The van der Waals surface area contributed by atoms with Gasteiger partial charge in [-0.15, -0.1) is 6.58 Å². The molecule has 0 unspecified atom stereocenters. The first-order valence-corrected chi connectivity index (χ1v) is 12.9. The number of halogens is 3. The van der Waals surface area contributed by atoms with E-state index in [1.54, 1.807) is 42.5 Å². The summed E-state index contributed by atoms with van der Waals surface area (Å²) in [6.07, 6.45) is -0.263. The lowest BCUT2D eigenvalue weighted by atomic mass is 10.1. The number of allylic oxidation sites excluding steroid dienone is 1. The minimum Gasteiger partial charge on any atom is -0.493 e. The maximum atomic E-state index is 13.5. The third-order valence-electron chi connectivity index (χ3n) is 6.40. The molecule has 13 heteroatoms. The van der Waals surface area contributed by atoms with Crippen LogP contribution in [0.3, 0.4) is 0 Å². The minimum absolute atomic E-state index is 0.0455. The van der Waals surface area contributed by atoms with Gasteiger partial charge < -0.3 is 9.47 Å². The highest BCUT2D eigenvalue weighted by Gasteiger charge is 2.31. The first kappa shape index (κ1) is 29.6. The van der Waals surface area contributed by atoms with E-state index in [0.29, 0.717) is 23.1 Å². The molecule has 0 fully saturated rings. The van der Waals surface area contributed by atoms with Crippen LogP contribution in [0.25, 0.3) is 22.3 Å². The minimum atomic E-state index is -4.60. The van der Waals surface area contributed by atoms with Gasteiger partial charge in [-0.3, -0.25) is 14.9 Å². The van der Waals surface area contributed by atoms with Crippen LogP contribution in [-0.4, -0.2) is 32.9 Å². The Labute approximate surface area is 247 Å². The fraction of sp³-hybridized carbons (Fsp3) is 0.0968. The molecule has 0 radical (unpaired) electrons. The number of nitro groups is 1. The van der Waals surface area contributed by atoms with Crippen LogP contribution in [0.1, 0.15) is 16.7 Å². The predicted molar refractivity (Wildman–Crippen MR) is 157 cm³/mol. The molecule has 10 nitrogen and oxygen atoms in total. The van der Waals surface area contributed by atoms with Gasteiger partial charge in [-0.05, 0) is 48.4 Å². The highest BCUT2D eigenvalue weighted by atomic mass is 19.4. The Morgan fingerprint density at radius 2 is 1.89 bits per heavy atom. The molecule has 44 heavy (non-hydrogen) atoms. The number of alkyl halides is 3. The largest absolute Gasteiger partial charge is 0.493 e. The molecule has 2 aromatic heterocycles. The number of para-hydroxylation sites is 1. The fourth-order valence-corrected chi connectivity index (χ4v) is 4.35. The summed E-state index contributed by atoms with van der Waals surface area (Å²) in [7, 11) is 1.41. The van der Waals surface area contributed by atoms with Crippen LogP contribution in [-0.2, 0) is 12.6 Å². The van der Waals surface area contributed by atoms with Crippen LogP contribution < -0.4 is 15.0 Å². The molecule has 0 amide bonds. The van der Waals surface area contributed by atoms with Crippen LogP contribution in [0, 0.1) is 10.1 Å². The van der Waals surface area contributed by atoms with E-state index in [2.05, 4.69) is 21.6 Å². The number of hydrogen-bond acceptors (Lipinski definition) is 8. The van der Waals surface area contributed by atoms with Gasteiger partial charge in [-0.25, -0.2) is 9.97 Å². The summed E-state index contributed by atoms with van der Waals surface area (Å²) in [4.78, 5) is 32.4. The van der Waals surface area contributed by atoms with Crippen molar-refractivity contribution in [3.63, 3.8) is 0 Å². The predicted octanol–water partition coefficient (Wildman–Crippen LogP) is 6.80. The van der Waals surface area contributed by atoms with Crippen molar-refractivity contribution in [1.29, 1.82) is 0 Å². The van der Waals surface area contributed by atoms with Crippen LogP contribution in [0.15, 0.2) is 102 Å². The van der Waals surface area contributed by atoms with Crippen LogP contribution in [0.5, 0.6) is 17.4 Å². The molecule has 0 spiro atoms. The zero-order chi connectivity index (χ0) is 31.4. The van der Waals surface area contributed by atoms with E-state index < -0.39 is 22.2 Å². The molecule has 0 saturated heterocycles. The van der Waals surface area contributed by atoms with Gasteiger partial charge in [0.05, 0.1) is 34.7 Å². The SMILES string of the molecule is C=CCc1cc(C=Nn2c(-c3cccc(C(F)(F)F)c3)nc3ccccc3c2=O)cc(OC)c1Oc1ccc([N+](=O)[O-])cn1. The summed E-state index contributed by atoms with van der Waals surface area (Å²) >= 11 is 0. The number of methoxy groups -OCH3 is 1. The third-order valence-corrected chi connectivity index (χ3v) is 6.40. The summed E-state index contributed by atoms with van der Waals surface area (Å²) < 4.78 is 52.9. The number of pyridine rings is 1. The molecule has 5 aromatic rings. The first-order chi connectivity index (χ1) is 21.1. The Balaban J connectivity index is 1.60. The summed E-state index contributed by atoms with van der Waals surface area (Å²) in [5.74, 6) is 0.534. The zero-order valence-electron chi connectivity index (χ0n) is 23.0. The second-order valence-corrected chi connectivity index (χ2v) is 9.31. The van der Waals surface area contributed by atoms with E-state index in [9.17, 15) is 28.1 Å². The summed E-state index contributed by atoms with van der Waals surface area (Å²) in [5.41, 5.74) is -0.297. The molecule has 0 aliphatic carbocycles. The van der Waals surface area contributed by atoms with Gasteiger partial charge in [0, 0.05) is 23.3 Å². The molecule has 2 heterocycles. The summed E-state index contributed by atoms with van der Waals surface area (Å²) in [5, 5.41) is 15.5. The Morgan fingerprint density at radius 3 is 2.57 bits per heavy atom. The molecular weight excluding hydrogens is 579 g/mol. The van der Waals surface area contributed by atoms with Crippen molar-refractivity contribution in [2.45, 2.75) is 12.6 Å². The second-order valence-electron chi connectivity index (χ2n) is 9.31. The van der Waals surface area contributed by atoms with Gasteiger partial charge in [0.2, 0.25) is 5.88 Å². The highest BCUT2D eigenvalue weighted by molar-refractivity contribution is 5.83. The lowest BCUT2D eigenvalue weighted by molar-refractivity contribution is -0.385. The lowest BCUT2D eigenvalue weighted by Gasteiger charge is -2.15. The first-order valence-electron chi connectivity index (χ1n) is 12.9. The Hall–Kier alpha value is -5.85. The molecule has 5 rings (SSSR count). The van der Waals surface area contributed by atoms with Gasteiger partial charge in [0.1, 0.15) is 6.20 Å². The van der Waals surface area contributed by atoms with Crippen molar-refractivity contribution in [2.75, 3.05) is 7.11 Å². The number of benzene rings is 3. The quantitative estimate of drug-likeness (QED) is 0.0789. The standard InChI is InChI=1S/C31H22F3N5O5/c1-3-7-20-14-19(15-26(43-2)28(20)44-27-13-12-23(18-35-27)39(41)42)17-36-38-29(21-8-6-9-22(16-21)31(32,33)34)37-25-11-5-4-10-24(25)30(38)40/h3-6,8-18H,1,7H2,2H3.